The van der Waals surface area contributed by atoms with E-state index in [0.717, 1.165) is 32.1 Å². The second-order valence-electron chi connectivity index (χ2n) is 7.90. The van der Waals surface area contributed by atoms with Gasteiger partial charge in [0, 0.05) is 19.5 Å². The molecule has 0 aromatic carbocycles. The summed E-state index contributed by atoms with van der Waals surface area (Å²) < 4.78 is 12.9. The van der Waals surface area contributed by atoms with E-state index < -0.39 is 18.2 Å². The molecular formula is C19H29N5O5. The second kappa shape index (κ2) is 9.82. The van der Waals surface area contributed by atoms with Gasteiger partial charge in [0.25, 0.3) is 0 Å². The fraction of sp³-hybridized carbons (Fsp3) is 0.737. The molecule has 2 aliphatic rings. The van der Waals surface area contributed by atoms with Gasteiger partial charge in [-0.2, -0.15) is 0 Å². The Kier molecular flexibility index (Phi) is 7.18. The highest BCUT2D eigenvalue weighted by Crippen LogP contribution is 2.22. The zero-order valence-corrected chi connectivity index (χ0v) is 17.0. The van der Waals surface area contributed by atoms with Crippen LogP contribution in [-0.4, -0.2) is 69.5 Å². The topological polar surface area (TPSA) is 116 Å². The van der Waals surface area contributed by atoms with E-state index in [2.05, 4.69) is 15.6 Å². The van der Waals surface area contributed by atoms with Gasteiger partial charge in [0.2, 0.25) is 5.91 Å². The Labute approximate surface area is 169 Å². The molecule has 10 nitrogen and oxygen atoms in total. The van der Waals surface area contributed by atoms with Crippen LogP contribution in [0.25, 0.3) is 0 Å². The van der Waals surface area contributed by atoms with Crippen LogP contribution < -0.4 is 5.32 Å². The molecule has 160 valence electrons. The lowest BCUT2D eigenvalue weighted by molar-refractivity contribution is -0.137. The number of nitrogens with one attached hydrogen (secondary N) is 1. The van der Waals surface area contributed by atoms with E-state index in [1.807, 2.05) is 20.0 Å². The molecule has 3 rings (SSSR count). The largest absolute Gasteiger partial charge is 0.450 e. The summed E-state index contributed by atoms with van der Waals surface area (Å²) in [6.07, 6.45) is 4.61. The lowest BCUT2D eigenvalue weighted by Crippen LogP contribution is -2.53. The van der Waals surface area contributed by atoms with Crippen molar-refractivity contribution < 1.29 is 23.9 Å². The minimum absolute atomic E-state index is 0.150. The fourth-order valence-corrected chi connectivity index (χ4v) is 3.62. The Bertz CT molecular complexity index is 722. The van der Waals surface area contributed by atoms with Gasteiger partial charge in [0.05, 0.1) is 31.6 Å². The van der Waals surface area contributed by atoms with Crippen molar-refractivity contribution in [2.75, 3.05) is 13.2 Å². The molecule has 1 fully saturated rings. The number of alkyl carbamates (subject to hydrolysis) is 1. The van der Waals surface area contributed by atoms with E-state index in [1.165, 1.54) is 4.90 Å². The normalized spacial score (nSPS) is 27.1. The van der Waals surface area contributed by atoms with E-state index in [0.29, 0.717) is 12.1 Å². The van der Waals surface area contributed by atoms with E-state index in [-0.39, 0.29) is 37.7 Å². The van der Waals surface area contributed by atoms with Crippen LogP contribution in [0.1, 0.15) is 45.2 Å². The molecule has 0 aliphatic carbocycles. The fourth-order valence-electron chi connectivity index (χ4n) is 3.62. The molecule has 0 saturated carbocycles. The highest BCUT2D eigenvalue weighted by Gasteiger charge is 2.40. The quantitative estimate of drug-likeness (QED) is 0.724. The first-order valence-electron chi connectivity index (χ1n) is 10.2. The minimum Gasteiger partial charge on any atom is -0.450 e. The summed E-state index contributed by atoms with van der Waals surface area (Å²) in [7, 11) is 0. The van der Waals surface area contributed by atoms with E-state index in [4.69, 9.17) is 9.47 Å². The molecule has 2 aliphatic heterocycles. The number of cyclic esters (lactones) is 1. The maximum atomic E-state index is 13.1. The molecule has 1 N–H and O–H groups in total. The van der Waals surface area contributed by atoms with E-state index in [1.54, 1.807) is 4.68 Å². The third-order valence-electron chi connectivity index (χ3n) is 5.27. The lowest BCUT2D eigenvalue weighted by atomic mass is 10.0. The highest BCUT2D eigenvalue weighted by molar-refractivity contribution is 5.88. The van der Waals surface area contributed by atoms with Gasteiger partial charge in [0.15, 0.2) is 0 Å². The van der Waals surface area contributed by atoms with Gasteiger partial charge in [-0.15, -0.1) is 5.10 Å². The second-order valence-corrected chi connectivity index (χ2v) is 7.90. The Morgan fingerprint density at radius 2 is 2.10 bits per heavy atom. The molecule has 3 atom stereocenters. The lowest BCUT2D eigenvalue weighted by Gasteiger charge is -2.28. The number of amides is 2. The SMILES string of the molecule is CC(C)[C@@H]1NC(=O)OCCCCCn2cc(nn2)CO[C@@H]2C[C@@H](C=O)N(C2)C1=O. The first-order chi connectivity index (χ1) is 14.0. The number of fused-ring (bicyclic) bond motifs is 4. The Hall–Kier alpha value is -2.49. The summed E-state index contributed by atoms with van der Waals surface area (Å²) in [5.74, 6) is -0.449. The predicted molar refractivity (Wildman–Crippen MR) is 102 cm³/mol. The molecule has 1 saturated heterocycles. The van der Waals surface area contributed by atoms with Crippen molar-refractivity contribution >= 4 is 18.3 Å². The Balaban J connectivity index is 1.75. The first kappa shape index (κ1) is 21.2. The zero-order chi connectivity index (χ0) is 20.8. The maximum absolute atomic E-state index is 13.1. The molecule has 2 amide bonds. The number of hydrogen-bond donors (Lipinski definition) is 1. The van der Waals surface area contributed by atoms with Crippen molar-refractivity contribution in [1.82, 2.24) is 25.2 Å². The zero-order valence-electron chi connectivity index (χ0n) is 17.0. The minimum atomic E-state index is -0.762. The molecule has 1 aromatic heterocycles. The first-order valence-corrected chi connectivity index (χ1v) is 10.2. The van der Waals surface area contributed by atoms with Crippen molar-refractivity contribution in [2.45, 2.75) is 70.9 Å². The third kappa shape index (κ3) is 5.53. The Morgan fingerprint density at radius 3 is 2.86 bits per heavy atom. The van der Waals surface area contributed by atoms with Crippen molar-refractivity contribution in [3.63, 3.8) is 0 Å². The van der Waals surface area contributed by atoms with Gasteiger partial charge >= 0.3 is 6.09 Å². The van der Waals surface area contributed by atoms with Gasteiger partial charge < -0.3 is 24.5 Å². The van der Waals surface area contributed by atoms with E-state index >= 15 is 0 Å². The number of aryl methyl sites for hydroxylation is 1. The molecule has 4 bridgehead atoms. The smallest absolute Gasteiger partial charge is 0.407 e. The number of carbonyl (C=O) groups excluding carboxylic acids is 3. The van der Waals surface area contributed by atoms with Crippen LogP contribution in [0.3, 0.4) is 0 Å². The summed E-state index contributed by atoms with van der Waals surface area (Å²) in [5.41, 5.74) is 0.717. The highest BCUT2D eigenvalue weighted by atomic mass is 16.5. The van der Waals surface area contributed by atoms with Gasteiger partial charge in [-0.3, -0.25) is 9.48 Å². The summed E-state index contributed by atoms with van der Waals surface area (Å²) in [6.45, 7) is 5.26. The van der Waals surface area contributed by atoms with Crippen molar-refractivity contribution in [2.24, 2.45) is 5.92 Å². The molecule has 29 heavy (non-hydrogen) atoms. The average Bonchev–Trinajstić information content (AvgIpc) is 3.32. The monoisotopic (exact) mass is 407 g/mol. The Morgan fingerprint density at radius 1 is 1.28 bits per heavy atom. The molecular weight excluding hydrogens is 378 g/mol. The van der Waals surface area contributed by atoms with Crippen LogP contribution in [0, 0.1) is 5.92 Å². The van der Waals surface area contributed by atoms with Crippen LogP contribution in [0.2, 0.25) is 0 Å². The summed E-state index contributed by atoms with van der Waals surface area (Å²) >= 11 is 0. The van der Waals surface area contributed by atoms with Crippen LogP contribution in [0.15, 0.2) is 6.20 Å². The molecule has 0 unspecified atom stereocenters. The summed E-state index contributed by atoms with van der Waals surface area (Å²) in [5, 5.41) is 10.9. The van der Waals surface area contributed by atoms with Gasteiger partial charge in [-0.25, -0.2) is 4.79 Å². The average molecular weight is 407 g/mol. The van der Waals surface area contributed by atoms with Gasteiger partial charge in [-0.05, 0) is 25.2 Å². The molecule has 10 heteroatoms. The van der Waals surface area contributed by atoms with Crippen molar-refractivity contribution in [1.29, 1.82) is 0 Å². The van der Waals surface area contributed by atoms with Crippen molar-refractivity contribution in [3.8, 4) is 0 Å². The number of rotatable bonds is 2. The number of aromatic nitrogens is 3. The van der Waals surface area contributed by atoms with Crippen LogP contribution >= 0.6 is 0 Å². The number of hydrogen-bond acceptors (Lipinski definition) is 7. The van der Waals surface area contributed by atoms with Crippen molar-refractivity contribution in [3.05, 3.63) is 11.9 Å². The van der Waals surface area contributed by atoms with Crippen LogP contribution in [-0.2, 0) is 32.2 Å². The number of aldehydes is 1. The molecule has 0 radical (unpaired) electrons. The predicted octanol–water partition coefficient (Wildman–Crippen LogP) is 0.898. The maximum Gasteiger partial charge on any atom is 0.407 e. The number of nitrogens with zero attached hydrogens (tertiary/aromatic N) is 4. The van der Waals surface area contributed by atoms with E-state index in [9.17, 15) is 14.4 Å². The number of ether oxygens (including phenoxy) is 2. The third-order valence-corrected chi connectivity index (χ3v) is 5.27. The summed E-state index contributed by atoms with van der Waals surface area (Å²) in [6, 6.07) is -1.34. The molecule has 1 aromatic rings. The van der Waals surface area contributed by atoms with Crippen LogP contribution in [0.5, 0.6) is 0 Å². The standard InChI is InChI=1S/C19H29N5O5/c1-13(2)17-18(26)24-10-16(8-15(24)11-25)29-12-14-9-23(22-21-14)6-4-3-5-7-28-19(27)20-17/h9,11,13,15-17H,3-8,10,12H2,1-2H3,(H,20,27)/t15-,16+,17-/m0/s1. The molecule has 3 heterocycles. The van der Waals surface area contributed by atoms with Crippen LogP contribution in [0.4, 0.5) is 4.79 Å². The van der Waals surface area contributed by atoms with Gasteiger partial charge in [0.1, 0.15) is 18.0 Å². The number of carbonyl (C=O) groups is 3. The molecule has 0 spiro atoms. The van der Waals surface area contributed by atoms with Gasteiger partial charge in [-0.1, -0.05) is 19.1 Å². The summed E-state index contributed by atoms with van der Waals surface area (Å²) in [4.78, 5) is 38.3.